The first-order valence-corrected chi connectivity index (χ1v) is 11.1. The molecule has 0 amide bonds. The molecule has 29 heavy (non-hydrogen) atoms. The Morgan fingerprint density at radius 2 is 1.90 bits per heavy atom. The summed E-state index contributed by atoms with van der Waals surface area (Å²) in [5, 5.41) is 10.3. The van der Waals surface area contributed by atoms with Gasteiger partial charge in [-0.15, -0.1) is 10.2 Å². The van der Waals surface area contributed by atoms with Crippen molar-refractivity contribution in [2.45, 2.75) is 44.5 Å². The number of ether oxygens (including phenoxy) is 2. The van der Waals surface area contributed by atoms with Crippen LogP contribution in [0.15, 0.2) is 47.6 Å². The molecule has 0 saturated heterocycles. The number of thioether (sulfide) groups is 1. The standard InChI is InChI=1S/C22H24ClN3O2S/c1-15-7-8-16(2)20(13-15)27-11-12-29-22-25-24-21(26(22)17-9-10-17)14-28-19-6-4-3-5-18(19)23/h3-8,13,17H,9-12,14H2,1-2H3. The zero-order valence-corrected chi connectivity index (χ0v) is 18.2. The van der Waals surface area contributed by atoms with Gasteiger partial charge in [0.1, 0.15) is 18.1 Å². The van der Waals surface area contributed by atoms with Crippen LogP contribution in [0.5, 0.6) is 11.5 Å². The van der Waals surface area contributed by atoms with Crippen molar-refractivity contribution in [2.75, 3.05) is 12.4 Å². The molecule has 0 N–H and O–H groups in total. The van der Waals surface area contributed by atoms with E-state index in [4.69, 9.17) is 21.1 Å². The molecule has 152 valence electrons. The summed E-state index contributed by atoms with van der Waals surface area (Å²) in [6.45, 7) is 5.12. The Bertz CT molecular complexity index is 988. The van der Waals surface area contributed by atoms with Crippen molar-refractivity contribution in [1.29, 1.82) is 0 Å². The first-order chi connectivity index (χ1) is 14.1. The van der Waals surface area contributed by atoms with Crippen LogP contribution in [0.25, 0.3) is 0 Å². The molecule has 0 atom stereocenters. The number of hydrogen-bond donors (Lipinski definition) is 0. The molecule has 1 saturated carbocycles. The van der Waals surface area contributed by atoms with Crippen molar-refractivity contribution in [3.8, 4) is 11.5 Å². The Kier molecular flexibility index (Phi) is 6.31. The summed E-state index contributed by atoms with van der Waals surface area (Å²) in [4.78, 5) is 0. The average Bonchev–Trinajstić information content (AvgIpc) is 3.47. The van der Waals surface area contributed by atoms with Gasteiger partial charge in [-0.25, -0.2) is 0 Å². The lowest BCUT2D eigenvalue weighted by Crippen LogP contribution is -2.08. The topological polar surface area (TPSA) is 49.2 Å². The summed E-state index contributed by atoms with van der Waals surface area (Å²) in [5.41, 5.74) is 2.36. The van der Waals surface area contributed by atoms with E-state index in [9.17, 15) is 0 Å². The third-order valence-corrected chi connectivity index (χ3v) is 5.98. The largest absolute Gasteiger partial charge is 0.492 e. The number of benzene rings is 2. The smallest absolute Gasteiger partial charge is 0.191 e. The molecule has 1 aliphatic rings. The van der Waals surface area contributed by atoms with Crippen LogP contribution in [0.4, 0.5) is 0 Å². The summed E-state index contributed by atoms with van der Waals surface area (Å²) in [6, 6.07) is 14.2. The molecule has 0 spiro atoms. The Hall–Kier alpha value is -2.18. The van der Waals surface area contributed by atoms with E-state index in [1.807, 2.05) is 24.3 Å². The van der Waals surface area contributed by atoms with Crippen molar-refractivity contribution in [3.63, 3.8) is 0 Å². The van der Waals surface area contributed by atoms with E-state index in [1.54, 1.807) is 11.8 Å². The van der Waals surface area contributed by atoms with Crippen LogP contribution in [-0.2, 0) is 6.61 Å². The van der Waals surface area contributed by atoms with Gasteiger partial charge in [0.05, 0.1) is 11.6 Å². The minimum Gasteiger partial charge on any atom is -0.492 e. The Labute approximate surface area is 180 Å². The van der Waals surface area contributed by atoms with E-state index < -0.39 is 0 Å². The van der Waals surface area contributed by atoms with Gasteiger partial charge in [0, 0.05) is 11.8 Å². The van der Waals surface area contributed by atoms with Crippen molar-refractivity contribution >= 4 is 23.4 Å². The van der Waals surface area contributed by atoms with Gasteiger partial charge in [-0.2, -0.15) is 0 Å². The molecule has 1 aliphatic carbocycles. The third kappa shape index (κ3) is 5.06. The molecule has 3 aromatic rings. The van der Waals surface area contributed by atoms with Crippen LogP contribution in [0.2, 0.25) is 5.02 Å². The number of aromatic nitrogens is 3. The number of hydrogen-bond acceptors (Lipinski definition) is 5. The highest BCUT2D eigenvalue weighted by molar-refractivity contribution is 7.99. The Morgan fingerprint density at radius 3 is 2.69 bits per heavy atom. The second kappa shape index (κ2) is 9.09. The fourth-order valence-electron chi connectivity index (χ4n) is 3.06. The number of aryl methyl sites for hydroxylation is 2. The van der Waals surface area contributed by atoms with E-state index in [1.165, 1.54) is 5.56 Å². The predicted molar refractivity (Wildman–Crippen MR) is 116 cm³/mol. The molecule has 4 rings (SSSR count). The predicted octanol–water partition coefficient (Wildman–Crippen LogP) is 5.63. The molecular formula is C22H24ClN3O2S. The maximum atomic E-state index is 6.18. The summed E-state index contributed by atoms with van der Waals surface area (Å²) < 4.78 is 14.0. The lowest BCUT2D eigenvalue weighted by molar-refractivity contribution is 0.288. The molecule has 0 bridgehead atoms. The molecule has 0 radical (unpaired) electrons. The highest BCUT2D eigenvalue weighted by Crippen LogP contribution is 2.39. The van der Waals surface area contributed by atoms with Crippen LogP contribution in [0.1, 0.15) is 35.8 Å². The first-order valence-electron chi connectivity index (χ1n) is 9.76. The van der Waals surface area contributed by atoms with Crippen LogP contribution < -0.4 is 9.47 Å². The second-order valence-electron chi connectivity index (χ2n) is 7.18. The maximum absolute atomic E-state index is 6.18. The number of rotatable bonds is 9. The summed E-state index contributed by atoms with van der Waals surface area (Å²) in [6.07, 6.45) is 2.31. The molecule has 1 fully saturated rings. The highest BCUT2D eigenvalue weighted by atomic mass is 35.5. The molecule has 5 nitrogen and oxygen atoms in total. The first kappa shape index (κ1) is 20.1. The van der Waals surface area contributed by atoms with Gasteiger partial charge in [0.25, 0.3) is 0 Å². The van der Waals surface area contributed by atoms with Gasteiger partial charge in [-0.1, -0.05) is 47.6 Å². The molecule has 7 heteroatoms. The van der Waals surface area contributed by atoms with E-state index in [-0.39, 0.29) is 0 Å². The molecule has 0 unspecified atom stereocenters. The monoisotopic (exact) mass is 429 g/mol. The second-order valence-corrected chi connectivity index (χ2v) is 8.65. The number of halogens is 1. The minimum absolute atomic E-state index is 0.354. The zero-order valence-electron chi connectivity index (χ0n) is 16.6. The maximum Gasteiger partial charge on any atom is 0.191 e. The number of nitrogens with zero attached hydrogens (tertiary/aromatic N) is 3. The van der Waals surface area contributed by atoms with Crippen LogP contribution >= 0.6 is 23.4 Å². The van der Waals surface area contributed by atoms with Gasteiger partial charge in [-0.3, -0.25) is 0 Å². The SMILES string of the molecule is Cc1ccc(C)c(OCCSc2nnc(COc3ccccc3Cl)n2C2CC2)c1. The quantitative estimate of drug-likeness (QED) is 0.325. The summed E-state index contributed by atoms with van der Waals surface area (Å²) >= 11 is 7.85. The van der Waals surface area contributed by atoms with E-state index in [0.717, 1.165) is 40.9 Å². The Balaban J connectivity index is 1.36. The average molecular weight is 430 g/mol. The van der Waals surface area contributed by atoms with E-state index in [0.29, 0.717) is 30.0 Å². The van der Waals surface area contributed by atoms with E-state index in [2.05, 4.69) is 46.8 Å². The van der Waals surface area contributed by atoms with E-state index >= 15 is 0 Å². The third-order valence-electron chi connectivity index (χ3n) is 4.76. The lowest BCUT2D eigenvalue weighted by atomic mass is 10.1. The van der Waals surface area contributed by atoms with Gasteiger partial charge in [0.2, 0.25) is 0 Å². The van der Waals surface area contributed by atoms with Crippen molar-refractivity contribution in [3.05, 3.63) is 64.4 Å². The van der Waals surface area contributed by atoms with Crippen LogP contribution in [0, 0.1) is 13.8 Å². The van der Waals surface area contributed by atoms with Crippen molar-refractivity contribution < 1.29 is 9.47 Å². The van der Waals surface area contributed by atoms with Crippen molar-refractivity contribution in [2.24, 2.45) is 0 Å². The molecule has 0 aliphatic heterocycles. The summed E-state index contributed by atoms with van der Waals surface area (Å²) in [5.74, 6) is 3.26. The van der Waals surface area contributed by atoms with Crippen LogP contribution in [-0.4, -0.2) is 27.1 Å². The zero-order chi connectivity index (χ0) is 20.2. The van der Waals surface area contributed by atoms with Gasteiger partial charge >= 0.3 is 0 Å². The fourth-order valence-corrected chi connectivity index (χ4v) is 4.09. The number of para-hydroxylation sites is 1. The van der Waals surface area contributed by atoms with Gasteiger partial charge in [-0.05, 0) is 56.0 Å². The Morgan fingerprint density at radius 1 is 1.07 bits per heavy atom. The summed E-state index contributed by atoms with van der Waals surface area (Å²) in [7, 11) is 0. The fraction of sp³-hybridized carbons (Fsp3) is 0.364. The molecule has 2 aromatic carbocycles. The highest BCUT2D eigenvalue weighted by Gasteiger charge is 2.29. The van der Waals surface area contributed by atoms with Gasteiger partial charge < -0.3 is 14.0 Å². The minimum atomic E-state index is 0.354. The molecule has 1 aromatic heterocycles. The molecule has 1 heterocycles. The molecular weight excluding hydrogens is 406 g/mol. The van der Waals surface area contributed by atoms with Gasteiger partial charge in [0.15, 0.2) is 11.0 Å². The normalized spacial score (nSPS) is 13.5. The van der Waals surface area contributed by atoms with Crippen molar-refractivity contribution in [1.82, 2.24) is 14.8 Å². The lowest BCUT2D eigenvalue weighted by Gasteiger charge is -2.12. The van der Waals surface area contributed by atoms with Crippen LogP contribution in [0.3, 0.4) is 0 Å².